The lowest BCUT2D eigenvalue weighted by molar-refractivity contribution is -0.139. The zero-order chi connectivity index (χ0) is 20.1. The van der Waals surface area contributed by atoms with Crippen LogP contribution < -0.4 is 0 Å². The molecule has 4 nitrogen and oxygen atoms in total. The van der Waals surface area contributed by atoms with E-state index in [1.165, 1.54) is 0 Å². The van der Waals surface area contributed by atoms with Crippen LogP contribution in [0.1, 0.15) is 42.4 Å². The Morgan fingerprint density at radius 2 is 1.79 bits per heavy atom. The summed E-state index contributed by atoms with van der Waals surface area (Å²) < 4.78 is 0. The first-order valence-electron chi connectivity index (χ1n) is 9.42. The number of benzene rings is 2. The maximum atomic E-state index is 11.5. The standard InChI is InChI=1S/C24H24N2O2/c1-4-9-20(24(27)28)18-14-25-23(26-15-18)22-13-16(3)12-21(19(22)5-2)17-10-7-6-8-11-17/h5-8,10-15,20H,2,4,9H2,1,3H3,(H,27,28). The molecule has 0 aliphatic rings. The van der Waals surface area contributed by atoms with Crippen LogP contribution in [0.2, 0.25) is 0 Å². The van der Waals surface area contributed by atoms with E-state index >= 15 is 0 Å². The highest BCUT2D eigenvalue weighted by atomic mass is 16.4. The van der Waals surface area contributed by atoms with Crippen LogP contribution in [0.5, 0.6) is 0 Å². The van der Waals surface area contributed by atoms with E-state index in [2.05, 4.69) is 34.7 Å². The highest BCUT2D eigenvalue weighted by Gasteiger charge is 2.20. The number of nitrogens with zero attached hydrogens (tertiary/aromatic N) is 2. The summed E-state index contributed by atoms with van der Waals surface area (Å²) >= 11 is 0. The Morgan fingerprint density at radius 3 is 2.36 bits per heavy atom. The summed E-state index contributed by atoms with van der Waals surface area (Å²) in [5.74, 6) is -0.845. The molecule has 142 valence electrons. The molecule has 1 N–H and O–H groups in total. The van der Waals surface area contributed by atoms with Gasteiger partial charge in [0.2, 0.25) is 0 Å². The number of carboxylic acids is 1. The Kier molecular flexibility index (Phi) is 5.99. The van der Waals surface area contributed by atoms with Gasteiger partial charge in [0.1, 0.15) is 0 Å². The second-order valence-corrected chi connectivity index (χ2v) is 6.86. The number of aryl methyl sites for hydroxylation is 1. The van der Waals surface area contributed by atoms with Crippen molar-refractivity contribution < 1.29 is 9.90 Å². The van der Waals surface area contributed by atoms with Crippen molar-refractivity contribution in [2.45, 2.75) is 32.6 Å². The molecule has 1 heterocycles. The molecular weight excluding hydrogens is 348 g/mol. The van der Waals surface area contributed by atoms with Gasteiger partial charge in [-0.1, -0.05) is 62.4 Å². The van der Waals surface area contributed by atoms with Gasteiger partial charge in [0.15, 0.2) is 5.82 Å². The lowest BCUT2D eigenvalue weighted by Gasteiger charge is -2.15. The zero-order valence-corrected chi connectivity index (χ0v) is 16.2. The van der Waals surface area contributed by atoms with Crippen molar-refractivity contribution in [2.75, 3.05) is 0 Å². The van der Waals surface area contributed by atoms with E-state index in [4.69, 9.17) is 0 Å². The fourth-order valence-corrected chi connectivity index (χ4v) is 3.44. The van der Waals surface area contributed by atoms with Crippen LogP contribution in [0.15, 0.2) is 61.4 Å². The van der Waals surface area contributed by atoms with Crippen molar-refractivity contribution >= 4 is 12.0 Å². The average molecular weight is 372 g/mol. The van der Waals surface area contributed by atoms with Crippen LogP contribution in [0.25, 0.3) is 28.6 Å². The van der Waals surface area contributed by atoms with Crippen LogP contribution in [0, 0.1) is 6.92 Å². The van der Waals surface area contributed by atoms with Gasteiger partial charge in [-0.2, -0.15) is 0 Å². The monoisotopic (exact) mass is 372 g/mol. The summed E-state index contributed by atoms with van der Waals surface area (Å²) in [5.41, 5.74) is 5.77. The second-order valence-electron chi connectivity index (χ2n) is 6.86. The van der Waals surface area contributed by atoms with Crippen LogP contribution in [-0.4, -0.2) is 21.0 Å². The van der Waals surface area contributed by atoms with Gasteiger partial charge in [-0.15, -0.1) is 0 Å². The molecule has 1 aromatic heterocycles. The second kappa shape index (κ2) is 8.61. The van der Waals surface area contributed by atoms with Gasteiger partial charge >= 0.3 is 5.97 Å². The molecule has 0 saturated carbocycles. The average Bonchev–Trinajstić information content (AvgIpc) is 2.72. The Labute approximate surface area is 165 Å². The fourth-order valence-electron chi connectivity index (χ4n) is 3.44. The Hall–Kier alpha value is -3.27. The van der Waals surface area contributed by atoms with E-state index in [1.807, 2.05) is 44.2 Å². The largest absolute Gasteiger partial charge is 0.481 e. The molecule has 0 saturated heterocycles. The van der Waals surface area contributed by atoms with Crippen molar-refractivity contribution in [1.82, 2.24) is 9.97 Å². The number of aromatic nitrogens is 2. The fraction of sp³-hybridized carbons (Fsp3) is 0.208. The molecule has 4 heteroatoms. The van der Waals surface area contributed by atoms with Gasteiger partial charge in [-0.05, 0) is 41.7 Å². The van der Waals surface area contributed by atoms with Crippen molar-refractivity contribution in [2.24, 2.45) is 0 Å². The number of hydrogen-bond donors (Lipinski definition) is 1. The molecule has 0 fully saturated rings. The molecule has 0 spiro atoms. The third-order valence-electron chi connectivity index (χ3n) is 4.80. The Balaban J connectivity index is 2.08. The number of aliphatic carboxylic acids is 1. The first-order valence-corrected chi connectivity index (χ1v) is 9.42. The number of carbonyl (C=O) groups is 1. The van der Waals surface area contributed by atoms with Gasteiger partial charge in [0.05, 0.1) is 5.92 Å². The van der Waals surface area contributed by atoms with Crippen LogP contribution in [0.3, 0.4) is 0 Å². The molecule has 0 amide bonds. The molecule has 1 unspecified atom stereocenters. The minimum atomic E-state index is -0.841. The van der Waals surface area contributed by atoms with Crippen LogP contribution >= 0.6 is 0 Å². The highest BCUT2D eigenvalue weighted by Crippen LogP contribution is 2.33. The van der Waals surface area contributed by atoms with E-state index in [9.17, 15) is 9.90 Å². The van der Waals surface area contributed by atoms with Crippen LogP contribution in [-0.2, 0) is 4.79 Å². The Morgan fingerprint density at radius 1 is 1.14 bits per heavy atom. The zero-order valence-electron chi connectivity index (χ0n) is 16.2. The van der Waals surface area contributed by atoms with E-state index in [0.29, 0.717) is 17.8 Å². The molecular formula is C24H24N2O2. The Bertz CT molecular complexity index is 979. The molecule has 0 aliphatic heterocycles. The molecule has 1 atom stereocenters. The third kappa shape index (κ3) is 4.01. The predicted octanol–water partition coefficient (Wildman–Crippen LogP) is 5.73. The van der Waals surface area contributed by atoms with Crippen molar-refractivity contribution in [3.8, 4) is 22.5 Å². The molecule has 3 rings (SSSR count). The van der Waals surface area contributed by atoms with E-state index < -0.39 is 11.9 Å². The first kappa shape index (κ1) is 19.5. The summed E-state index contributed by atoms with van der Waals surface area (Å²) in [4.78, 5) is 20.5. The summed E-state index contributed by atoms with van der Waals surface area (Å²) in [6, 6.07) is 14.3. The molecule has 0 aliphatic carbocycles. The predicted molar refractivity (Wildman–Crippen MR) is 113 cm³/mol. The number of carboxylic acid groups (broad SMARTS) is 1. The van der Waals surface area contributed by atoms with Gasteiger partial charge in [0.25, 0.3) is 0 Å². The molecule has 0 radical (unpaired) electrons. The maximum absolute atomic E-state index is 11.5. The quantitative estimate of drug-likeness (QED) is 0.575. The van der Waals surface area contributed by atoms with E-state index in [0.717, 1.165) is 34.2 Å². The maximum Gasteiger partial charge on any atom is 0.311 e. The summed E-state index contributed by atoms with van der Waals surface area (Å²) in [6.45, 7) is 8.01. The smallest absolute Gasteiger partial charge is 0.311 e. The normalized spacial score (nSPS) is 11.8. The summed E-state index contributed by atoms with van der Waals surface area (Å²) in [6.07, 6.45) is 6.45. The SMILES string of the molecule is C=Cc1c(-c2ccccc2)cc(C)cc1-c1ncc(C(CCC)C(=O)O)cn1. The molecule has 0 bridgehead atoms. The summed E-state index contributed by atoms with van der Waals surface area (Å²) in [7, 11) is 0. The molecule has 28 heavy (non-hydrogen) atoms. The minimum absolute atomic E-state index is 0.568. The molecule has 3 aromatic rings. The highest BCUT2D eigenvalue weighted by molar-refractivity contribution is 5.85. The van der Waals surface area contributed by atoms with Crippen molar-refractivity contribution in [1.29, 1.82) is 0 Å². The summed E-state index contributed by atoms with van der Waals surface area (Å²) in [5, 5.41) is 9.46. The van der Waals surface area contributed by atoms with E-state index in [1.54, 1.807) is 12.4 Å². The third-order valence-corrected chi connectivity index (χ3v) is 4.80. The van der Waals surface area contributed by atoms with Gasteiger partial charge in [-0.25, -0.2) is 9.97 Å². The minimum Gasteiger partial charge on any atom is -0.481 e. The van der Waals surface area contributed by atoms with Crippen molar-refractivity contribution in [3.63, 3.8) is 0 Å². The van der Waals surface area contributed by atoms with Gasteiger partial charge in [-0.3, -0.25) is 4.79 Å². The topological polar surface area (TPSA) is 63.1 Å². The molecule has 2 aromatic carbocycles. The lowest BCUT2D eigenvalue weighted by Crippen LogP contribution is -2.12. The lowest BCUT2D eigenvalue weighted by atomic mass is 9.92. The number of rotatable bonds is 7. The number of hydrogen-bond acceptors (Lipinski definition) is 3. The van der Waals surface area contributed by atoms with Gasteiger partial charge in [0, 0.05) is 23.5 Å². The van der Waals surface area contributed by atoms with E-state index in [-0.39, 0.29) is 0 Å². The van der Waals surface area contributed by atoms with Crippen LogP contribution in [0.4, 0.5) is 0 Å². The van der Waals surface area contributed by atoms with Gasteiger partial charge < -0.3 is 5.11 Å². The first-order chi connectivity index (χ1) is 13.5. The van der Waals surface area contributed by atoms with Crippen molar-refractivity contribution in [3.05, 3.63) is 78.1 Å².